The van der Waals surface area contributed by atoms with E-state index in [1.54, 1.807) is 0 Å². The minimum absolute atomic E-state index is 0.143. The van der Waals surface area contributed by atoms with Crippen LogP contribution >= 0.6 is 0 Å². The summed E-state index contributed by atoms with van der Waals surface area (Å²) in [7, 11) is 0. The van der Waals surface area contributed by atoms with Gasteiger partial charge in [-0.05, 0) is 31.8 Å². The molecule has 0 radical (unpaired) electrons. The number of aromatic amines is 1. The number of benzene rings is 1. The lowest BCUT2D eigenvalue weighted by atomic mass is 9.99. The Labute approximate surface area is 118 Å². The van der Waals surface area contributed by atoms with Crippen LogP contribution in [-0.2, 0) is 0 Å². The molecule has 1 saturated heterocycles. The van der Waals surface area contributed by atoms with Crippen molar-refractivity contribution < 1.29 is 17.9 Å². The molecule has 8 heteroatoms. The summed E-state index contributed by atoms with van der Waals surface area (Å²) in [6, 6.07) is 0. The molecule has 114 valence electrons. The van der Waals surface area contributed by atoms with Crippen molar-refractivity contribution in [1.29, 1.82) is 0 Å². The quantitative estimate of drug-likeness (QED) is 0.757. The van der Waals surface area contributed by atoms with E-state index in [2.05, 4.69) is 15.5 Å². The normalized spacial score (nSPS) is 16.5. The Kier molecular flexibility index (Phi) is 3.62. The highest BCUT2D eigenvalue weighted by Gasteiger charge is 2.26. The summed E-state index contributed by atoms with van der Waals surface area (Å²) in [4.78, 5) is 0. The van der Waals surface area contributed by atoms with Gasteiger partial charge in [-0.3, -0.25) is 5.10 Å². The zero-order chi connectivity index (χ0) is 15.0. The van der Waals surface area contributed by atoms with Crippen LogP contribution in [0.3, 0.4) is 0 Å². The topological polar surface area (TPSA) is 76.0 Å². The first-order valence-corrected chi connectivity index (χ1v) is 6.73. The molecule has 1 aromatic heterocycles. The third kappa shape index (κ3) is 2.39. The molecule has 2 aromatic rings. The molecule has 1 aliphatic heterocycles. The minimum Gasteiger partial charge on any atom is -0.487 e. The van der Waals surface area contributed by atoms with Crippen LogP contribution in [0, 0.1) is 23.4 Å². The number of ether oxygens (including phenoxy) is 1. The van der Waals surface area contributed by atoms with Gasteiger partial charge in [-0.25, -0.2) is 8.78 Å². The molecule has 0 saturated carbocycles. The number of hydrogen-bond acceptors (Lipinski definition) is 4. The molecule has 4 N–H and O–H groups in total. The molecule has 3 rings (SSSR count). The number of anilines is 1. The number of nitrogens with one attached hydrogen (secondary N) is 2. The lowest BCUT2D eigenvalue weighted by molar-refractivity contribution is 0.199. The number of fused-ring (bicyclic) bond motifs is 1. The monoisotopic (exact) mass is 300 g/mol. The van der Waals surface area contributed by atoms with E-state index in [1.807, 2.05) is 0 Å². The summed E-state index contributed by atoms with van der Waals surface area (Å²) in [5.41, 5.74) is 5.11. The lowest BCUT2D eigenvalue weighted by Gasteiger charge is -2.22. The number of rotatable bonds is 3. The molecule has 0 unspecified atom stereocenters. The summed E-state index contributed by atoms with van der Waals surface area (Å²) in [5, 5.41) is 8.54. The van der Waals surface area contributed by atoms with Crippen LogP contribution < -0.4 is 15.8 Å². The third-order valence-corrected chi connectivity index (χ3v) is 3.75. The highest BCUT2D eigenvalue weighted by molar-refractivity contribution is 5.90. The SMILES string of the molecule is Nc1n[nH]c2c(F)c(OCC3CCNCC3)c(F)c(F)c12. The van der Waals surface area contributed by atoms with Crippen molar-refractivity contribution in [3.63, 3.8) is 0 Å². The predicted molar refractivity (Wildman–Crippen MR) is 71.5 cm³/mol. The van der Waals surface area contributed by atoms with Crippen molar-refractivity contribution in [2.45, 2.75) is 12.8 Å². The molecular formula is C13H15F3N4O. The Hall–Kier alpha value is -1.96. The van der Waals surface area contributed by atoms with Crippen molar-refractivity contribution in [3.8, 4) is 5.75 Å². The maximum atomic E-state index is 14.2. The van der Waals surface area contributed by atoms with Crippen LogP contribution in [0.2, 0.25) is 0 Å². The molecule has 0 aliphatic carbocycles. The molecular weight excluding hydrogens is 285 g/mol. The van der Waals surface area contributed by atoms with Gasteiger partial charge in [-0.15, -0.1) is 0 Å². The smallest absolute Gasteiger partial charge is 0.204 e. The van der Waals surface area contributed by atoms with Crippen LogP contribution in [0.4, 0.5) is 19.0 Å². The first kappa shape index (κ1) is 14.0. The van der Waals surface area contributed by atoms with E-state index in [0.717, 1.165) is 25.9 Å². The van der Waals surface area contributed by atoms with E-state index < -0.39 is 23.2 Å². The van der Waals surface area contributed by atoms with Gasteiger partial charge in [0.2, 0.25) is 5.82 Å². The van der Waals surface area contributed by atoms with Gasteiger partial charge in [0.15, 0.2) is 23.2 Å². The highest BCUT2D eigenvalue weighted by Crippen LogP contribution is 2.34. The van der Waals surface area contributed by atoms with Crippen LogP contribution in [0.15, 0.2) is 0 Å². The summed E-state index contributed by atoms with van der Waals surface area (Å²) >= 11 is 0. The number of H-pyrrole nitrogens is 1. The van der Waals surface area contributed by atoms with Gasteiger partial charge >= 0.3 is 0 Å². The molecule has 5 nitrogen and oxygen atoms in total. The fourth-order valence-corrected chi connectivity index (χ4v) is 2.53. The molecule has 0 bridgehead atoms. The summed E-state index contributed by atoms with van der Waals surface area (Å²) in [5.74, 6) is -4.45. The van der Waals surface area contributed by atoms with Crippen LogP contribution in [-0.4, -0.2) is 29.9 Å². The highest BCUT2D eigenvalue weighted by atomic mass is 19.2. The molecule has 2 heterocycles. The number of nitrogen functional groups attached to an aromatic ring is 1. The number of nitrogens with two attached hydrogens (primary N) is 1. The summed E-state index contributed by atoms with van der Waals surface area (Å²) < 4.78 is 47.3. The zero-order valence-electron chi connectivity index (χ0n) is 11.2. The van der Waals surface area contributed by atoms with E-state index in [1.165, 1.54) is 0 Å². The zero-order valence-corrected chi connectivity index (χ0v) is 11.2. The fourth-order valence-electron chi connectivity index (χ4n) is 2.53. The summed E-state index contributed by atoms with van der Waals surface area (Å²) in [6.07, 6.45) is 1.70. The number of aromatic nitrogens is 2. The van der Waals surface area contributed by atoms with Crippen molar-refractivity contribution in [2.75, 3.05) is 25.4 Å². The first-order chi connectivity index (χ1) is 10.1. The van der Waals surface area contributed by atoms with Gasteiger partial charge in [0.1, 0.15) is 5.52 Å². The van der Waals surface area contributed by atoms with Crippen LogP contribution in [0.25, 0.3) is 10.9 Å². The largest absolute Gasteiger partial charge is 0.487 e. The van der Waals surface area contributed by atoms with Crippen molar-refractivity contribution in [3.05, 3.63) is 17.5 Å². The number of nitrogens with zero attached hydrogens (tertiary/aromatic N) is 1. The minimum atomic E-state index is -1.37. The molecule has 21 heavy (non-hydrogen) atoms. The Balaban J connectivity index is 1.91. The molecule has 0 amide bonds. The second kappa shape index (κ2) is 5.44. The Morgan fingerprint density at radius 2 is 1.86 bits per heavy atom. The van der Waals surface area contributed by atoms with Crippen molar-refractivity contribution >= 4 is 16.7 Å². The van der Waals surface area contributed by atoms with Crippen LogP contribution in [0.5, 0.6) is 5.75 Å². The third-order valence-electron chi connectivity index (χ3n) is 3.75. The number of halogens is 3. The second-order valence-electron chi connectivity index (χ2n) is 5.13. The predicted octanol–water partition coefficient (Wildman–Crippen LogP) is 1.94. The first-order valence-electron chi connectivity index (χ1n) is 6.73. The van der Waals surface area contributed by atoms with E-state index in [4.69, 9.17) is 10.5 Å². The average Bonchev–Trinajstić information content (AvgIpc) is 2.88. The molecule has 0 atom stereocenters. The Morgan fingerprint density at radius 1 is 1.14 bits per heavy atom. The maximum absolute atomic E-state index is 14.2. The van der Waals surface area contributed by atoms with Crippen molar-refractivity contribution in [1.82, 2.24) is 15.5 Å². The van der Waals surface area contributed by atoms with E-state index >= 15 is 0 Å². The second-order valence-corrected chi connectivity index (χ2v) is 5.13. The molecule has 1 fully saturated rings. The van der Waals surface area contributed by atoms with E-state index in [-0.39, 0.29) is 29.2 Å². The number of hydrogen-bond donors (Lipinski definition) is 3. The Bertz CT molecular complexity index is 667. The Morgan fingerprint density at radius 3 is 2.57 bits per heavy atom. The lowest BCUT2D eigenvalue weighted by Crippen LogP contribution is -2.30. The number of piperidine rings is 1. The van der Waals surface area contributed by atoms with Gasteiger partial charge in [0, 0.05) is 0 Å². The molecule has 1 aliphatic rings. The standard InChI is InChI=1S/C13H15F3N4O/c14-8-7-11(19-20-13(7)17)10(16)12(9(8)15)21-5-6-1-3-18-4-2-6/h6,18H,1-5H2,(H3,17,19,20). The average molecular weight is 300 g/mol. The van der Waals surface area contributed by atoms with Crippen molar-refractivity contribution in [2.24, 2.45) is 5.92 Å². The van der Waals surface area contributed by atoms with Crippen LogP contribution in [0.1, 0.15) is 12.8 Å². The molecule has 1 aromatic carbocycles. The van der Waals surface area contributed by atoms with Gasteiger partial charge in [-0.2, -0.15) is 9.49 Å². The maximum Gasteiger partial charge on any atom is 0.204 e. The van der Waals surface area contributed by atoms with Gasteiger partial charge in [0.25, 0.3) is 0 Å². The van der Waals surface area contributed by atoms with Gasteiger partial charge in [0.05, 0.1) is 12.0 Å². The van der Waals surface area contributed by atoms with E-state index in [9.17, 15) is 13.2 Å². The molecule has 0 spiro atoms. The fraction of sp³-hybridized carbons (Fsp3) is 0.462. The van der Waals surface area contributed by atoms with Gasteiger partial charge in [-0.1, -0.05) is 0 Å². The summed E-state index contributed by atoms with van der Waals surface area (Å²) in [6.45, 7) is 1.82. The van der Waals surface area contributed by atoms with Gasteiger partial charge < -0.3 is 15.8 Å². The van der Waals surface area contributed by atoms with E-state index in [0.29, 0.717) is 0 Å².